The Labute approximate surface area is 71.8 Å². The van der Waals surface area contributed by atoms with Crippen molar-refractivity contribution < 1.29 is 20.1 Å². The highest BCUT2D eigenvalue weighted by atomic mass is 16.6. The summed E-state index contributed by atoms with van der Waals surface area (Å²) >= 11 is 0. The average molecular weight is 176 g/mol. The zero-order valence-electron chi connectivity index (χ0n) is 7.34. The molecule has 3 N–H and O–H groups in total. The summed E-state index contributed by atoms with van der Waals surface area (Å²) < 4.78 is 5.08. The maximum Gasteiger partial charge on any atom is 0.160 e. The van der Waals surface area contributed by atoms with Crippen LogP contribution >= 0.6 is 0 Å². The number of aliphatic hydroxyl groups excluding tert-OH is 3. The molecule has 0 aliphatic carbocycles. The minimum absolute atomic E-state index is 0.131. The van der Waals surface area contributed by atoms with Gasteiger partial charge in [0.25, 0.3) is 0 Å². The molecule has 12 heavy (non-hydrogen) atoms. The van der Waals surface area contributed by atoms with E-state index < -0.39 is 18.5 Å². The average Bonchev–Trinajstić information content (AvgIpc) is 2.08. The Morgan fingerprint density at radius 1 is 1.17 bits per heavy atom. The molecule has 4 heteroatoms. The SMILES string of the molecule is C[C@@H]1[C@@H](O)[C@H](C)[C@@H](CO)O[C@H]1O. The monoisotopic (exact) mass is 176 g/mol. The minimum Gasteiger partial charge on any atom is -0.394 e. The Morgan fingerprint density at radius 3 is 2.25 bits per heavy atom. The fourth-order valence-electron chi connectivity index (χ4n) is 1.50. The standard InChI is InChI=1S/C8H16O4/c1-4-6(3-9)12-8(11)5(2)7(4)10/h4-11H,3H2,1-2H3/t4-,5-,6-,7+,8-/m1/s1. The van der Waals surface area contributed by atoms with E-state index in [0.29, 0.717) is 0 Å². The van der Waals surface area contributed by atoms with Gasteiger partial charge in [-0.15, -0.1) is 0 Å². The molecular weight excluding hydrogens is 160 g/mol. The Hall–Kier alpha value is -0.160. The van der Waals surface area contributed by atoms with Crippen molar-refractivity contribution >= 4 is 0 Å². The predicted molar refractivity (Wildman–Crippen MR) is 42.3 cm³/mol. The summed E-state index contributed by atoms with van der Waals surface area (Å²) in [6.07, 6.45) is -2.02. The molecule has 0 bridgehead atoms. The molecule has 4 nitrogen and oxygen atoms in total. The first-order chi connectivity index (χ1) is 5.57. The molecule has 0 spiro atoms. The van der Waals surface area contributed by atoms with Crippen LogP contribution in [0.2, 0.25) is 0 Å². The van der Waals surface area contributed by atoms with Crippen molar-refractivity contribution in [3.63, 3.8) is 0 Å². The summed E-state index contributed by atoms with van der Waals surface area (Å²) in [6.45, 7) is 3.36. The summed E-state index contributed by atoms with van der Waals surface area (Å²) in [4.78, 5) is 0. The van der Waals surface area contributed by atoms with Crippen LogP contribution in [0.3, 0.4) is 0 Å². The molecule has 0 aromatic rings. The van der Waals surface area contributed by atoms with Crippen molar-refractivity contribution in [3.8, 4) is 0 Å². The Morgan fingerprint density at radius 2 is 1.75 bits per heavy atom. The lowest BCUT2D eigenvalue weighted by Crippen LogP contribution is -2.50. The van der Waals surface area contributed by atoms with Crippen LogP contribution in [0.5, 0.6) is 0 Å². The maximum atomic E-state index is 9.57. The van der Waals surface area contributed by atoms with Gasteiger partial charge in [0.2, 0.25) is 0 Å². The van der Waals surface area contributed by atoms with Gasteiger partial charge < -0.3 is 20.1 Å². The van der Waals surface area contributed by atoms with E-state index in [1.807, 2.05) is 0 Å². The number of aliphatic hydroxyl groups is 3. The number of ether oxygens (including phenoxy) is 1. The molecule has 5 atom stereocenters. The smallest absolute Gasteiger partial charge is 0.160 e. The van der Waals surface area contributed by atoms with Gasteiger partial charge in [-0.3, -0.25) is 0 Å². The number of hydrogen-bond donors (Lipinski definition) is 3. The summed E-state index contributed by atoms with van der Waals surface area (Å²) in [7, 11) is 0. The highest BCUT2D eigenvalue weighted by Gasteiger charge is 2.39. The Kier molecular flexibility index (Phi) is 3.06. The van der Waals surface area contributed by atoms with Crippen LogP contribution in [0, 0.1) is 11.8 Å². The van der Waals surface area contributed by atoms with Crippen LogP contribution in [-0.4, -0.2) is 40.4 Å². The topological polar surface area (TPSA) is 69.9 Å². The summed E-state index contributed by atoms with van der Waals surface area (Å²) in [5.41, 5.74) is 0. The second kappa shape index (κ2) is 3.70. The summed E-state index contributed by atoms with van der Waals surface area (Å²) in [6, 6.07) is 0. The molecule has 0 saturated carbocycles. The number of rotatable bonds is 1. The first kappa shape index (κ1) is 9.92. The molecule has 1 saturated heterocycles. The third kappa shape index (κ3) is 1.61. The minimum atomic E-state index is -0.964. The molecule has 0 radical (unpaired) electrons. The largest absolute Gasteiger partial charge is 0.394 e. The van der Waals surface area contributed by atoms with E-state index in [1.165, 1.54) is 0 Å². The van der Waals surface area contributed by atoms with Gasteiger partial charge >= 0.3 is 0 Å². The van der Waals surface area contributed by atoms with Gasteiger partial charge in [0.15, 0.2) is 6.29 Å². The zero-order chi connectivity index (χ0) is 9.30. The van der Waals surface area contributed by atoms with Crippen molar-refractivity contribution in [1.82, 2.24) is 0 Å². The number of hydrogen-bond acceptors (Lipinski definition) is 4. The second-order valence-corrected chi connectivity index (χ2v) is 3.46. The first-order valence-electron chi connectivity index (χ1n) is 4.20. The third-order valence-corrected chi connectivity index (χ3v) is 2.61. The second-order valence-electron chi connectivity index (χ2n) is 3.46. The van der Waals surface area contributed by atoms with Crippen LogP contribution in [-0.2, 0) is 4.74 Å². The molecular formula is C8H16O4. The Balaban J connectivity index is 2.63. The first-order valence-corrected chi connectivity index (χ1v) is 4.20. The molecule has 1 aliphatic rings. The van der Waals surface area contributed by atoms with E-state index >= 15 is 0 Å². The lowest BCUT2D eigenvalue weighted by atomic mass is 9.86. The van der Waals surface area contributed by atoms with E-state index in [4.69, 9.17) is 9.84 Å². The van der Waals surface area contributed by atoms with Crippen LogP contribution in [0.1, 0.15) is 13.8 Å². The van der Waals surface area contributed by atoms with Crippen molar-refractivity contribution in [2.45, 2.75) is 32.3 Å². The maximum absolute atomic E-state index is 9.57. The van der Waals surface area contributed by atoms with Crippen molar-refractivity contribution in [2.24, 2.45) is 11.8 Å². The molecule has 72 valence electrons. The normalized spacial score (nSPS) is 49.2. The van der Waals surface area contributed by atoms with E-state index in [9.17, 15) is 10.2 Å². The summed E-state index contributed by atoms with van der Waals surface area (Å²) in [5.74, 6) is -0.420. The van der Waals surface area contributed by atoms with Crippen molar-refractivity contribution in [1.29, 1.82) is 0 Å². The highest BCUT2D eigenvalue weighted by Crippen LogP contribution is 2.28. The predicted octanol–water partition coefficient (Wildman–Crippen LogP) is -0.671. The van der Waals surface area contributed by atoms with E-state index in [2.05, 4.69) is 0 Å². The molecule has 0 aromatic carbocycles. The van der Waals surface area contributed by atoms with Gasteiger partial charge in [-0.05, 0) is 0 Å². The van der Waals surface area contributed by atoms with E-state index in [0.717, 1.165) is 0 Å². The third-order valence-electron chi connectivity index (χ3n) is 2.61. The van der Waals surface area contributed by atoms with Crippen molar-refractivity contribution in [3.05, 3.63) is 0 Å². The molecule has 0 aromatic heterocycles. The molecule has 1 aliphatic heterocycles. The quantitative estimate of drug-likeness (QED) is 0.495. The lowest BCUT2D eigenvalue weighted by molar-refractivity contribution is -0.248. The van der Waals surface area contributed by atoms with Crippen molar-refractivity contribution in [2.75, 3.05) is 6.61 Å². The zero-order valence-corrected chi connectivity index (χ0v) is 7.34. The molecule has 1 fully saturated rings. The van der Waals surface area contributed by atoms with E-state index in [1.54, 1.807) is 13.8 Å². The van der Waals surface area contributed by atoms with Gasteiger partial charge in [0, 0.05) is 11.8 Å². The molecule has 1 rings (SSSR count). The molecule has 0 unspecified atom stereocenters. The van der Waals surface area contributed by atoms with Gasteiger partial charge in [0.1, 0.15) is 0 Å². The Bertz CT molecular complexity index is 145. The molecule has 0 amide bonds. The lowest BCUT2D eigenvalue weighted by Gasteiger charge is -2.39. The van der Waals surface area contributed by atoms with Crippen LogP contribution in [0.15, 0.2) is 0 Å². The highest BCUT2D eigenvalue weighted by molar-refractivity contribution is 4.83. The van der Waals surface area contributed by atoms with E-state index in [-0.39, 0.29) is 18.4 Å². The van der Waals surface area contributed by atoms with Gasteiger partial charge in [-0.2, -0.15) is 0 Å². The van der Waals surface area contributed by atoms with Crippen LogP contribution < -0.4 is 0 Å². The van der Waals surface area contributed by atoms with Gasteiger partial charge in [0.05, 0.1) is 18.8 Å². The van der Waals surface area contributed by atoms with Crippen LogP contribution in [0.25, 0.3) is 0 Å². The van der Waals surface area contributed by atoms with Gasteiger partial charge in [-0.1, -0.05) is 13.8 Å². The molecule has 1 heterocycles. The fraction of sp³-hybridized carbons (Fsp3) is 1.00. The summed E-state index contributed by atoms with van der Waals surface area (Å²) in [5, 5.41) is 27.7. The fourth-order valence-corrected chi connectivity index (χ4v) is 1.50. The van der Waals surface area contributed by atoms with Crippen LogP contribution in [0.4, 0.5) is 0 Å². The van der Waals surface area contributed by atoms with Gasteiger partial charge in [-0.25, -0.2) is 0 Å².